The minimum absolute atomic E-state index is 0.910. The van der Waals surface area contributed by atoms with Crippen LogP contribution in [0.4, 0.5) is 11.4 Å². The molecule has 0 radical (unpaired) electrons. The first-order chi connectivity index (χ1) is 15.4. The monoisotopic (exact) mass is 401 g/mol. The van der Waals surface area contributed by atoms with Crippen molar-refractivity contribution >= 4 is 33.2 Å². The van der Waals surface area contributed by atoms with Crippen LogP contribution in [0.1, 0.15) is 0 Å². The van der Waals surface area contributed by atoms with E-state index in [2.05, 4.69) is 80.5 Å². The molecule has 0 amide bonds. The fraction of sp³-hybridized carbons (Fsp3) is 0. The Hall–Kier alpha value is -4.38. The van der Waals surface area contributed by atoms with Crippen LogP contribution in [-0.2, 0) is 0 Å². The second-order valence-corrected chi connectivity index (χ2v) is 7.42. The summed E-state index contributed by atoms with van der Waals surface area (Å²) in [5.41, 5.74) is 5.37. The van der Waals surface area contributed by atoms with Crippen molar-refractivity contribution in [3.63, 3.8) is 0 Å². The van der Waals surface area contributed by atoms with Gasteiger partial charge in [0.05, 0.1) is 17.4 Å². The maximum absolute atomic E-state index is 4.61. The van der Waals surface area contributed by atoms with E-state index in [9.17, 15) is 0 Å². The van der Waals surface area contributed by atoms with Crippen LogP contribution < -0.4 is 5.32 Å². The van der Waals surface area contributed by atoms with Gasteiger partial charge in [-0.25, -0.2) is 9.97 Å². The third-order valence-corrected chi connectivity index (χ3v) is 5.49. The number of hydrogen-bond donors (Lipinski definition) is 1. The molecule has 31 heavy (non-hydrogen) atoms. The Morgan fingerprint density at radius 1 is 0.677 bits per heavy atom. The largest absolute Gasteiger partial charge is 0.355 e. The zero-order chi connectivity index (χ0) is 20.6. The maximum Gasteiger partial charge on any atom is 0.137 e. The second kappa shape index (κ2) is 7.15. The molecule has 6 rings (SSSR count). The third kappa shape index (κ3) is 3.04. The number of imidazole rings is 1. The Morgan fingerprint density at radius 3 is 2.42 bits per heavy atom. The molecule has 0 spiro atoms. The van der Waals surface area contributed by atoms with E-state index in [-0.39, 0.29) is 0 Å². The number of nitrogens with one attached hydrogen (secondary N) is 1. The summed E-state index contributed by atoms with van der Waals surface area (Å²) in [5.74, 6) is 0.910. The van der Waals surface area contributed by atoms with Gasteiger partial charge >= 0.3 is 0 Å². The smallest absolute Gasteiger partial charge is 0.137 e. The highest BCUT2D eigenvalue weighted by atomic mass is 15.1. The molecule has 0 aliphatic rings. The third-order valence-electron chi connectivity index (χ3n) is 5.49. The van der Waals surface area contributed by atoms with Crippen molar-refractivity contribution in [3.8, 4) is 11.5 Å². The molecule has 0 unspecified atom stereocenters. The fourth-order valence-corrected chi connectivity index (χ4v) is 4.10. The molecule has 0 bridgehead atoms. The number of rotatable bonds is 4. The lowest BCUT2D eigenvalue weighted by Crippen LogP contribution is -1.97. The lowest BCUT2D eigenvalue weighted by molar-refractivity contribution is 1.06. The summed E-state index contributed by atoms with van der Waals surface area (Å²) in [7, 11) is 0. The predicted octanol–water partition coefficient (Wildman–Crippen LogP) is 6.11. The molecular weight excluding hydrogens is 382 g/mol. The second-order valence-electron chi connectivity index (χ2n) is 7.42. The number of pyridine rings is 1. The molecule has 5 nitrogen and oxygen atoms in total. The van der Waals surface area contributed by atoms with E-state index >= 15 is 0 Å². The van der Waals surface area contributed by atoms with Crippen molar-refractivity contribution in [1.29, 1.82) is 0 Å². The topological polar surface area (TPSA) is 47.7 Å². The summed E-state index contributed by atoms with van der Waals surface area (Å²) in [5, 5.41) is 5.98. The Kier molecular flexibility index (Phi) is 4.03. The highest BCUT2D eigenvalue weighted by Crippen LogP contribution is 2.33. The van der Waals surface area contributed by atoms with Gasteiger partial charge < -0.3 is 9.88 Å². The number of anilines is 2. The molecule has 5 heteroatoms. The number of benzene rings is 3. The van der Waals surface area contributed by atoms with Crippen molar-refractivity contribution in [2.45, 2.75) is 0 Å². The van der Waals surface area contributed by atoms with Crippen LogP contribution in [0, 0.1) is 0 Å². The normalized spacial score (nSPS) is 11.2. The van der Waals surface area contributed by atoms with Crippen molar-refractivity contribution in [3.05, 3.63) is 110 Å². The number of aromatic nitrogens is 4. The molecule has 0 saturated carbocycles. The van der Waals surface area contributed by atoms with Gasteiger partial charge in [-0.1, -0.05) is 36.4 Å². The number of fused-ring (bicyclic) bond motifs is 3. The zero-order valence-corrected chi connectivity index (χ0v) is 16.7. The van der Waals surface area contributed by atoms with Crippen LogP contribution in [0.25, 0.3) is 33.3 Å². The van der Waals surface area contributed by atoms with Crippen LogP contribution in [0.5, 0.6) is 0 Å². The Morgan fingerprint density at radius 2 is 1.55 bits per heavy atom. The summed E-state index contributed by atoms with van der Waals surface area (Å²) < 4.78 is 4.21. The van der Waals surface area contributed by atoms with Crippen molar-refractivity contribution in [2.24, 2.45) is 0 Å². The molecule has 0 fully saturated rings. The molecule has 0 atom stereocenters. The molecule has 1 N–H and O–H groups in total. The van der Waals surface area contributed by atoms with E-state index in [1.54, 1.807) is 12.5 Å². The lowest BCUT2D eigenvalue weighted by atomic mass is 10.1. The molecule has 3 heterocycles. The van der Waals surface area contributed by atoms with Gasteiger partial charge in [-0.15, -0.1) is 0 Å². The average Bonchev–Trinajstić information content (AvgIpc) is 3.46. The molecule has 0 aliphatic carbocycles. The van der Waals surface area contributed by atoms with Crippen LogP contribution in [0.3, 0.4) is 0 Å². The van der Waals surface area contributed by atoms with E-state index < -0.39 is 0 Å². The maximum atomic E-state index is 4.61. The van der Waals surface area contributed by atoms with E-state index in [0.717, 1.165) is 33.9 Å². The number of nitrogens with zero attached hydrogens (tertiary/aromatic N) is 4. The molecule has 3 aromatic heterocycles. The molecule has 148 valence electrons. The highest BCUT2D eigenvalue weighted by Gasteiger charge is 2.13. The van der Waals surface area contributed by atoms with Crippen LogP contribution >= 0.6 is 0 Å². The van der Waals surface area contributed by atoms with Crippen molar-refractivity contribution in [2.75, 3.05) is 5.32 Å². The van der Waals surface area contributed by atoms with E-state index in [4.69, 9.17) is 0 Å². The highest BCUT2D eigenvalue weighted by molar-refractivity contribution is 6.10. The molecule has 3 aromatic carbocycles. The Bertz CT molecular complexity index is 1500. The van der Waals surface area contributed by atoms with Crippen LogP contribution in [0.15, 0.2) is 110 Å². The van der Waals surface area contributed by atoms with E-state index in [0.29, 0.717) is 0 Å². The summed E-state index contributed by atoms with van der Waals surface area (Å²) >= 11 is 0. The summed E-state index contributed by atoms with van der Waals surface area (Å²) in [6.07, 6.45) is 7.36. The number of hydrogen-bond acceptors (Lipinski definition) is 3. The van der Waals surface area contributed by atoms with Gasteiger partial charge in [-0.3, -0.25) is 4.57 Å². The van der Waals surface area contributed by atoms with Gasteiger partial charge in [0.1, 0.15) is 5.82 Å². The first-order valence-corrected chi connectivity index (χ1v) is 10.2. The SMILES string of the molecule is c1ccc(-n2c3ccccc3c3ccc(Nc4cccc(-n5ccnc5)c4)cc32)nc1. The first kappa shape index (κ1) is 17.5. The van der Waals surface area contributed by atoms with Crippen LogP contribution in [-0.4, -0.2) is 19.1 Å². The van der Waals surface area contributed by atoms with Crippen molar-refractivity contribution < 1.29 is 0 Å². The molecular formula is C26H19N5. The zero-order valence-electron chi connectivity index (χ0n) is 16.7. The summed E-state index contributed by atoms with van der Waals surface area (Å²) in [6.45, 7) is 0. The lowest BCUT2D eigenvalue weighted by Gasteiger charge is -2.11. The minimum atomic E-state index is 0.910. The summed E-state index contributed by atoms with van der Waals surface area (Å²) in [4.78, 5) is 8.75. The van der Waals surface area contributed by atoms with Gasteiger partial charge in [0.15, 0.2) is 0 Å². The minimum Gasteiger partial charge on any atom is -0.355 e. The Labute approximate surface area is 179 Å². The van der Waals surface area contributed by atoms with E-state index in [1.807, 2.05) is 41.2 Å². The fourth-order valence-electron chi connectivity index (χ4n) is 4.10. The first-order valence-electron chi connectivity index (χ1n) is 10.2. The van der Waals surface area contributed by atoms with Gasteiger partial charge in [0.25, 0.3) is 0 Å². The van der Waals surface area contributed by atoms with E-state index in [1.165, 1.54) is 10.8 Å². The van der Waals surface area contributed by atoms with Crippen molar-refractivity contribution in [1.82, 2.24) is 19.1 Å². The quantitative estimate of drug-likeness (QED) is 0.388. The summed E-state index contributed by atoms with van der Waals surface area (Å²) in [6, 6.07) is 29.2. The predicted molar refractivity (Wildman–Crippen MR) is 125 cm³/mol. The van der Waals surface area contributed by atoms with Crippen LogP contribution in [0.2, 0.25) is 0 Å². The molecule has 0 aliphatic heterocycles. The standard InChI is InChI=1S/C26H19N5/c1-2-9-24-22(8-1)23-12-11-20(17-25(23)31(24)26-10-3-4-13-28-26)29-19-6-5-7-21(16-19)30-15-14-27-18-30/h1-18,29H. The average molecular weight is 401 g/mol. The van der Waals surface area contributed by atoms with Gasteiger partial charge in [-0.05, 0) is 48.5 Å². The Balaban J connectivity index is 1.48. The van der Waals surface area contributed by atoms with Gasteiger partial charge in [-0.2, -0.15) is 0 Å². The number of para-hydroxylation sites is 1. The molecule has 0 saturated heterocycles. The van der Waals surface area contributed by atoms with Gasteiger partial charge in [0, 0.05) is 46.4 Å². The van der Waals surface area contributed by atoms with Gasteiger partial charge in [0.2, 0.25) is 0 Å². The molecule has 6 aromatic rings.